The molecule has 1 rings (SSSR count). The zero-order valence-electron chi connectivity index (χ0n) is 13.5. The van der Waals surface area contributed by atoms with Crippen LogP contribution in [-0.4, -0.2) is 36.4 Å². The van der Waals surface area contributed by atoms with Crippen molar-refractivity contribution in [2.24, 2.45) is 5.92 Å². The minimum absolute atomic E-state index is 0.294. The van der Waals surface area contributed by atoms with Crippen molar-refractivity contribution in [3.05, 3.63) is 29.8 Å². The molecule has 1 unspecified atom stereocenters. The molecule has 0 amide bonds. The monoisotopic (exact) mass is 311 g/mol. The summed E-state index contributed by atoms with van der Waals surface area (Å²) in [5, 5.41) is 12.2. The highest BCUT2D eigenvalue weighted by atomic mass is 32.2. The molecule has 0 radical (unpaired) electrons. The van der Waals surface area contributed by atoms with Crippen LogP contribution in [0.2, 0.25) is 0 Å². The molecule has 0 bridgehead atoms. The minimum atomic E-state index is 0.294. The average molecular weight is 311 g/mol. The maximum absolute atomic E-state index is 8.71. The van der Waals surface area contributed by atoms with Crippen LogP contribution in [0.5, 0.6) is 5.75 Å². The molecular weight excluding hydrogens is 282 g/mol. The van der Waals surface area contributed by atoms with Gasteiger partial charge in [-0.1, -0.05) is 26.0 Å². The van der Waals surface area contributed by atoms with Crippen molar-refractivity contribution in [2.45, 2.75) is 33.2 Å². The summed E-state index contributed by atoms with van der Waals surface area (Å²) < 4.78 is 5.69. The van der Waals surface area contributed by atoms with Gasteiger partial charge in [-0.05, 0) is 42.7 Å². The van der Waals surface area contributed by atoms with Gasteiger partial charge in [-0.3, -0.25) is 0 Å². The fourth-order valence-corrected chi connectivity index (χ4v) is 2.65. The first kappa shape index (κ1) is 18.3. The predicted octanol–water partition coefficient (Wildman–Crippen LogP) is 3.49. The second-order valence-corrected chi connectivity index (χ2v) is 6.86. The van der Waals surface area contributed by atoms with Gasteiger partial charge in [-0.15, -0.1) is 0 Å². The van der Waals surface area contributed by atoms with Crippen molar-refractivity contribution in [1.29, 1.82) is 0 Å². The number of hydrogen-bond donors (Lipinski definition) is 2. The number of aliphatic hydroxyl groups excluding tert-OH is 1. The Labute approximate surface area is 133 Å². The molecule has 1 aromatic carbocycles. The van der Waals surface area contributed by atoms with Crippen molar-refractivity contribution < 1.29 is 9.84 Å². The minimum Gasteiger partial charge on any atom is -0.493 e. The van der Waals surface area contributed by atoms with Crippen molar-refractivity contribution in [2.75, 3.05) is 31.3 Å². The topological polar surface area (TPSA) is 41.5 Å². The maximum atomic E-state index is 8.71. The number of benzene rings is 1. The van der Waals surface area contributed by atoms with Crippen molar-refractivity contribution in [3.8, 4) is 5.75 Å². The molecule has 0 saturated heterocycles. The molecular formula is C17H29NO2S. The second-order valence-electron chi connectivity index (χ2n) is 5.64. The largest absolute Gasteiger partial charge is 0.493 e. The lowest BCUT2D eigenvalue weighted by atomic mass is 10.1. The van der Waals surface area contributed by atoms with Crippen LogP contribution in [0.15, 0.2) is 24.3 Å². The number of rotatable bonds is 11. The highest BCUT2D eigenvalue weighted by Gasteiger charge is 2.05. The van der Waals surface area contributed by atoms with Crippen LogP contribution in [0.25, 0.3) is 0 Å². The molecule has 0 aromatic heterocycles. The normalized spacial score (nSPS) is 12.6. The van der Waals surface area contributed by atoms with Gasteiger partial charge in [0, 0.05) is 24.9 Å². The van der Waals surface area contributed by atoms with E-state index in [4.69, 9.17) is 9.84 Å². The fourth-order valence-electron chi connectivity index (χ4n) is 1.85. The van der Waals surface area contributed by atoms with Gasteiger partial charge >= 0.3 is 0 Å². The fraction of sp³-hybridized carbons (Fsp3) is 0.647. The molecule has 0 aliphatic heterocycles. The van der Waals surface area contributed by atoms with Gasteiger partial charge in [0.25, 0.3) is 0 Å². The molecule has 0 aliphatic rings. The number of ether oxygens (including phenoxy) is 1. The van der Waals surface area contributed by atoms with Crippen LogP contribution < -0.4 is 10.1 Å². The number of aliphatic hydroxyl groups is 1. The number of nitrogens with one attached hydrogen (secondary N) is 1. The van der Waals surface area contributed by atoms with E-state index in [9.17, 15) is 0 Å². The van der Waals surface area contributed by atoms with E-state index in [1.54, 1.807) is 0 Å². The van der Waals surface area contributed by atoms with E-state index < -0.39 is 0 Å². The maximum Gasteiger partial charge on any atom is 0.119 e. The van der Waals surface area contributed by atoms with Crippen molar-refractivity contribution >= 4 is 11.8 Å². The molecule has 120 valence electrons. The first-order chi connectivity index (χ1) is 10.1. The van der Waals surface area contributed by atoms with E-state index in [1.165, 1.54) is 5.56 Å². The second kappa shape index (κ2) is 10.9. The summed E-state index contributed by atoms with van der Waals surface area (Å²) in [5.74, 6) is 3.61. The molecule has 3 nitrogen and oxygen atoms in total. The van der Waals surface area contributed by atoms with Crippen LogP contribution >= 0.6 is 11.8 Å². The summed E-state index contributed by atoms with van der Waals surface area (Å²) in [4.78, 5) is 0. The lowest BCUT2D eigenvalue weighted by molar-refractivity contribution is 0.271. The number of thioether (sulfide) groups is 1. The molecule has 0 fully saturated rings. The first-order valence-electron chi connectivity index (χ1n) is 7.78. The molecule has 0 heterocycles. The van der Waals surface area contributed by atoms with E-state index in [-0.39, 0.29) is 0 Å². The van der Waals surface area contributed by atoms with E-state index >= 15 is 0 Å². The zero-order chi connectivity index (χ0) is 15.5. The third kappa shape index (κ3) is 8.34. The smallest absolute Gasteiger partial charge is 0.119 e. The van der Waals surface area contributed by atoms with Crippen LogP contribution in [0.4, 0.5) is 0 Å². The van der Waals surface area contributed by atoms with Crippen LogP contribution in [0, 0.1) is 5.92 Å². The summed E-state index contributed by atoms with van der Waals surface area (Å²) in [7, 11) is 0. The highest BCUT2D eigenvalue weighted by Crippen LogP contribution is 2.18. The van der Waals surface area contributed by atoms with Crippen LogP contribution in [0.3, 0.4) is 0 Å². The molecule has 21 heavy (non-hydrogen) atoms. The molecule has 0 aliphatic carbocycles. The Morgan fingerprint density at radius 1 is 1.14 bits per heavy atom. The van der Waals surface area contributed by atoms with E-state index in [1.807, 2.05) is 23.9 Å². The van der Waals surface area contributed by atoms with Crippen LogP contribution in [-0.2, 0) is 0 Å². The van der Waals surface area contributed by atoms with Gasteiger partial charge < -0.3 is 15.2 Å². The van der Waals surface area contributed by atoms with Gasteiger partial charge in [-0.25, -0.2) is 0 Å². The molecule has 0 saturated carbocycles. The van der Waals surface area contributed by atoms with Gasteiger partial charge in [0.15, 0.2) is 0 Å². The molecule has 0 spiro atoms. The van der Waals surface area contributed by atoms with E-state index in [2.05, 4.69) is 38.2 Å². The molecule has 1 atom stereocenters. The third-order valence-corrected chi connectivity index (χ3v) is 4.18. The molecule has 1 aromatic rings. The predicted molar refractivity (Wildman–Crippen MR) is 92.2 cm³/mol. The first-order valence-corrected chi connectivity index (χ1v) is 8.93. The van der Waals surface area contributed by atoms with Crippen molar-refractivity contribution in [1.82, 2.24) is 5.32 Å². The number of hydrogen-bond acceptors (Lipinski definition) is 4. The Bertz CT molecular complexity index is 368. The quantitative estimate of drug-likeness (QED) is 0.614. The lowest BCUT2D eigenvalue weighted by Gasteiger charge is -2.15. The van der Waals surface area contributed by atoms with Gasteiger partial charge in [0.1, 0.15) is 5.75 Å². The Hall–Kier alpha value is -0.710. The third-order valence-electron chi connectivity index (χ3n) is 3.11. The summed E-state index contributed by atoms with van der Waals surface area (Å²) in [6, 6.07) is 8.71. The standard InChI is InChI=1S/C17H29NO2S/c1-14(2)13-20-17-7-5-16(6-8-17)15(3)18-9-12-21-11-4-10-19/h5-8,14-15,18-19H,4,9-13H2,1-3H3. The molecule has 4 heteroatoms. The van der Waals surface area contributed by atoms with E-state index in [0.29, 0.717) is 18.6 Å². The zero-order valence-corrected chi connectivity index (χ0v) is 14.3. The highest BCUT2D eigenvalue weighted by molar-refractivity contribution is 7.99. The van der Waals surface area contributed by atoms with E-state index in [0.717, 1.165) is 36.8 Å². The summed E-state index contributed by atoms with van der Waals surface area (Å²) >= 11 is 1.88. The van der Waals surface area contributed by atoms with Crippen LogP contribution in [0.1, 0.15) is 38.8 Å². The summed E-state index contributed by atoms with van der Waals surface area (Å²) in [6.07, 6.45) is 0.887. The summed E-state index contributed by atoms with van der Waals surface area (Å²) in [5.41, 5.74) is 1.28. The van der Waals surface area contributed by atoms with Crippen molar-refractivity contribution in [3.63, 3.8) is 0 Å². The van der Waals surface area contributed by atoms with Gasteiger partial charge in [0.05, 0.1) is 6.61 Å². The Kier molecular flexibility index (Phi) is 9.55. The Balaban J connectivity index is 2.25. The molecule has 2 N–H and O–H groups in total. The Morgan fingerprint density at radius 3 is 2.48 bits per heavy atom. The van der Waals surface area contributed by atoms with Gasteiger partial charge in [-0.2, -0.15) is 11.8 Å². The SMILES string of the molecule is CC(C)COc1ccc(C(C)NCCSCCCO)cc1. The lowest BCUT2D eigenvalue weighted by Crippen LogP contribution is -2.21. The average Bonchev–Trinajstić information content (AvgIpc) is 2.49. The Morgan fingerprint density at radius 2 is 1.86 bits per heavy atom. The van der Waals surface area contributed by atoms with Gasteiger partial charge in [0.2, 0.25) is 0 Å². The summed E-state index contributed by atoms with van der Waals surface area (Å²) in [6.45, 7) is 8.53.